The second-order valence-electron chi connectivity index (χ2n) is 9.08. The SMILES string of the molecule is COc1cccc(CN2CC[C@H]3C(=O)NCCCCCCN(Cc4ccncc4)[C@@H]3C2)c1. The number of benzene rings is 1. The molecule has 2 aliphatic heterocycles. The maximum atomic E-state index is 13.1. The number of hydrogen-bond acceptors (Lipinski definition) is 5. The summed E-state index contributed by atoms with van der Waals surface area (Å²) in [6.45, 7) is 5.42. The Bertz CT molecular complexity index is 860. The molecule has 6 heteroatoms. The number of amides is 1. The lowest BCUT2D eigenvalue weighted by Gasteiger charge is -2.43. The summed E-state index contributed by atoms with van der Waals surface area (Å²) in [5.74, 6) is 1.17. The van der Waals surface area contributed by atoms with Crippen LogP contribution < -0.4 is 10.1 Å². The molecule has 0 unspecified atom stereocenters. The van der Waals surface area contributed by atoms with Gasteiger partial charge in [0.15, 0.2) is 0 Å². The highest BCUT2D eigenvalue weighted by Gasteiger charge is 2.37. The van der Waals surface area contributed by atoms with Crippen LogP contribution in [0.25, 0.3) is 0 Å². The Morgan fingerprint density at radius 1 is 1.03 bits per heavy atom. The number of ether oxygens (including phenoxy) is 1. The number of likely N-dealkylation sites (tertiary alicyclic amines) is 1. The Morgan fingerprint density at radius 3 is 2.72 bits per heavy atom. The Kier molecular flexibility index (Phi) is 8.13. The summed E-state index contributed by atoms with van der Waals surface area (Å²) >= 11 is 0. The number of piperidine rings is 1. The molecule has 1 N–H and O–H groups in total. The first-order chi connectivity index (χ1) is 15.7. The van der Waals surface area contributed by atoms with Gasteiger partial charge in [-0.25, -0.2) is 0 Å². The molecule has 1 aromatic carbocycles. The average molecular weight is 437 g/mol. The van der Waals surface area contributed by atoms with E-state index in [2.05, 4.69) is 50.4 Å². The number of hydrogen-bond donors (Lipinski definition) is 1. The first-order valence-corrected chi connectivity index (χ1v) is 12.0. The highest BCUT2D eigenvalue weighted by Crippen LogP contribution is 2.27. The Labute approximate surface area is 192 Å². The third kappa shape index (κ3) is 6.08. The molecule has 6 nitrogen and oxygen atoms in total. The minimum atomic E-state index is 0.0384. The molecule has 0 aliphatic carbocycles. The number of rotatable bonds is 5. The van der Waals surface area contributed by atoms with Gasteiger partial charge < -0.3 is 10.1 Å². The van der Waals surface area contributed by atoms with Crippen LogP contribution in [0.1, 0.15) is 43.2 Å². The number of nitrogens with zero attached hydrogens (tertiary/aromatic N) is 3. The van der Waals surface area contributed by atoms with Gasteiger partial charge in [0.25, 0.3) is 0 Å². The van der Waals surface area contributed by atoms with Crippen LogP contribution in [0.2, 0.25) is 0 Å². The highest BCUT2D eigenvalue weighted by molar-refractivity contribution is 5.79. The normalized spacial score (nSPS) is 23.6. The van der Waals surface area contributed by atoms with E-state index in [1.54, 1.807) is 7.11 Å². The van der Waals surface area contributed by atoms with Gasteiger partial charge in [0.05, 0.1) is 13.0 Å². The fourth-order valence-corrected chi connectivity index (χ4v) is 5.07. The van der Waals surface area contributed by atoms with Gasteiger partial charge in [0.2, 0.25) is 5.91 Å². The summed E-state index contributed by atoms with van der Waals surface area (Å²) < 4.78 is 5.41. The summed E-state index contributed by atoms with van der Waals surface area (Å²) in [6.07, 6.45) is 9.28. The van der Waals surface area contributed by atoms with Gasteiger partial charge in [0.1, 0.15) is 5.75 Å². The molecule has 3 heterocycles. The number of methoxy groups -OCH3 is 1. The van der Waals surface area contributed by atoms with Gasteiger partial charge in [-0.15, -0.1) is 0 Å². The topological polar surface area (TPSA) is 57.7 Å². The molecule has 2 aliphatic rings. The molecule has 2 saturated heterocycles. The maximum absolute atomic E-state index is 13.1. The standard InChI is InChI=1S/C26H36N4O2/c1-32-23-8-6-7-22(17-23)18-29-16-11-24-25(20-29)30(19-21-9-13-27-14-10-21)15-5-3-2-4-12-28-26(24)31/h6-10,13-14,17,24-25H,2-5,11-12,15-16,18-20H2,1H3,(H,28,31)/t24-,25-/m1/s1. The Morgan fingerprint density at radius 2 is 1.88 bits per heavy atom. The van der Waals surface area contributed by atoms with E-state index in [-0.39, 0.29) is 17.9 Å². The van der Waals surface area contributed by atoms with Crippen LogP contribution >= 0.6 is 0 Å². The molecule has 0 spiro atoms. The van der Waals surface area contributed by atoms with Crippen molar-refractivity contribution in [3.05, 3.63) is 59.9 Å². The third-order valence-corrected chi connectivity index (χ3v) is 6.82. The lowest BCUT2D eigenvalue weighted by atomic mass is 9.88. The number of nitrogens with one attached hydrogen (secondary N) is 1. The van der Waals surface area contributed by atoms with Crippen molar-refractivity contribution >= 4 is 5.91 Å². The van der Waals surface area contributed by atoms with E-state index in [9.17, 15) is 4.79 Å². The van der Waals surface area contributed by atoms with Crippen LogP contribution in [-0.4, -0.2) is 60.0 Å². The van der Waals surface area contributed by atoms with E-state index in [1.807, 2.05) is 18.5 Å². The van der Waals surface area contributed by atoms with E-state index in [1.165, 1.54) is 30.4 Å². The quantitative estimate of drug-likeness (QED) is 0.778. The summed E-state index contributed by atoms with van der Waals surface area (Å²) in [7, 11) is 1.71. The van der Waals surface area contributed by atoms with E-state index in [0.29, 0.717) is 0 Å². The van der Waals surface area contributed by atoms with Crippen molar-refractivity contribution in [3.63, 3.8) is 0 Å². The molecule has 1 aromatic heterocycles. The largest absolute Gasteiger partial charge is 0.497 e. The molecule has 172 valence electrons. The molecule has 32 heavy (non-hydrogen) atoms. The van der Waals surface area contributed by atoms with E-state index in [4.69, 9.17) is 4.74 Å². The second-order valence-corrected chi connectivity index (χ2v) is 9.08. The van der Waals surface area contributed by atoms with Crippen molar-refractivity contribution in [1.82, 2.24) is 20.1 Å². The van der Waals surface area contributed by atoms with Crippen LogP contribution in [0, 0.1) is 5.92 Å². The highest BCUT2D eigenvalue weighted by atomic mass is 16.5. The van der Waals surface area contributed by atoms with Gasteiger partial charge >= 0.3 is 0 Å². The van der Waals surface area contributed by atoms with E-state index in [0.717, 1.165) is 57.9 Å². The van der Waals surface area contributed by atoms with Crippen molar-refractivity contribution in [2.75, 3.05) is 33.3 Å². The fraction of sp³-hybridized carbons (Fsp3) is 0.538. The molecule has 1 amide bonds. The first-order valence-electron chi connectivity index (χ1n) is 12.0. The zero-order valence-corrected chi connectivity index (χ0v) is 19.2. The summed E-state index contributed by atoms with van der Waals surface area (Å²) in [4.78, 5) is 22.4. The second kappa shape index (κ2) is 11.4. The number of aromatic nitrogens is 1. The predicted molar refractivity (Wildman–Crippen MR) is 126 cm³/mol. The molecular formula is C26H36N4O2. The molecule has 0 saturated carbocycles. The molecule has 0 radical (unpaired) electrons. The summed E-state index contributed by atoms with van der Waals surface area (Å²) in [5, 5.41) is 3.23. The molecule has 4 rings (SSSR count). The number of carbonyl (C=O) groups is 1. The summed E-state index contributed by atoms with van der Waals surface area (Å²) in [6, 6.07) is 12.7. The lowest BCUT2D eigenvalue weighted by Crippen LogP contribution is -2.56. The fourth-order valence-electron chi connectivity index (χ4n) is 5.07. The summed E-state index contributed by atoms with van der Waals surface area (Å²) in [5.41, 5.74) is 2.52. The van der Waals surface area contributed by atoms with Crippen molar-refractivity contribution in [2.24, 2.45) is 5.92 Å². The van der Waals surface area contributed by atoms with Gasteiger partial charge in [-0.3, -0.25) is 19.6 Å². The monoisotopic (exact) mass is 436 g/mol. The first kappa shape index (κ1) is 22.7. The molecular weight excluding hydrogens is 400 g/mol. The van der Waals surface area contributed by atoms with Crippen LogP contribution in [0.3, 0.4) is 0 Å². The van der Waals surface area contributed by atoms with Gasteiger partial charge in [-0.05, 0) is 67.7 Å². The van der Waals surface area contributed by atoms with Crippen molar-refractivity contribution in [3.8, 4) is 5.75 Å². The van der Waals surface area contributed by atoms with Crippen molar-refractivity contribution in [1.29, 1.82) is 0 Å². The lowest BCUT2D eigenvalue weighted by molar-refractivity contribution is -0.129. The number of pyridine rings is 1. The number of carbonyl (C=O) groups excluding carboxylic acids is 1. The van der Waals surface area contributed by atoms with Gasteiger partial charge in [-0.2, -0.15) is 0 Å². The average Bonchev–Trinajstić information content (AvgIpc) is 2.86. The molecule has 0 bridgehead atoms. The zero-order chi connectivity index (χ0) is 22.2. The molecule has 2 fully saturated rings. The van der Waals surface area contributed by atoms with E-state index < -0.39 is 0 Å². The van der Waals surface area contributed by atoms with Crippen LogP contribution in [-0.2, 0) is 17.9 Å². The zero-order valence-electron chi connectivity index (χ0n) is 19.2. The molecule has 2 aromatic rings. The van der Waals surface area contributed by atoms with Crippen LogP contribution in [0.5, 0.6) is 5.75 Å². The van der Waals surface area contributed by atoms with Crippen LogP contribution in [0.4, 0.5) is 0 Å². The third-order valence-electron chi connectivity index (χ3n) is 6.82. The van der Waals surface area contributed by atoms with E-state index >= 15 is 0 Å². The smallest absolute Gasteiger partial charge is 0.224 e. The van der Waals surface area contributed by atoms with Gasteiger partial charge in [0, 0.05) is 44.6 Å². The minimum Gasteiger partial charge on any atom is -0.497 e. The van der Waals surface area contributed by atoms with Crippen LogP contribution in [0.15, 0.2) is 48.8 Å². The number of fused-ring (bicyclic) bond motifs is 1. The van der Waals surface area contributed by atoms with Crippen molar-refractivity contribution < 1.29 is 9.53 Å². The van der Waals surface area contributed by atoms with Crippen molar-refractivity contribution in [2.45, 2.75) is 51.2 Å². The minimum absolute atomic E-state index is 0.0384. The predicted octanol–water partition coefficient (Wildman–Crippen LogP) is 3.47. The maximum Gasteiger partial charge on any atom is 0.224 e. The van der Waals surface area contributed by atoms with Gasteiger partial charge in [-0.1, -0.05) is 25.0 Å². The Balaban J connectivity index is 1.54. The molecule has 2 atom stereocenters. The Hall–Kier alpha value is -2.44.